The van der Waals surface area contributed by atoms with Gasteiger partial charge in [-0.05, 0) is 31.2 Å². The van der Waals surface area contributed by atoms with Gasteiger partial charge in [-0.15, -0.1) is 0 Å². The van der Waals surface area contributed by atoms with E-state index in [0.29, 0.717) is 0 Å². The van der Waals surface area contributed by atoms with E-state index in [1.54, 1.807) is 6.20 Å². The monoisotopic (exact) mass is 312 g/mol. The first kappa shape index (κ1) is 15.7. The van der Waals surface area contributed by atoms with Gasteiger partial charge in [0.15, 0.2) is 0 Å². The topological polar surface area (TPSA) is 72.9 Å². The molecule has 0 radical (unpaired) electrons. The fraction of sp³-hybridized carbons (Fsp3) is 0.444. The minimum Gasteiger partial charge on any atom is -0.328 e. The van der Waals surface area contributed by atoms with E-state index in [1.807, 2.05) is 28.9 Å². The molecule has 0 saturated heterocycles. The van der Waals surface area contributed by atoms with Crippen LogP contribution in [0.5, 0.6) is 0 Å². The van der Waals surface area contributed by atoms with E-state index >= 15 is 0 Å². The number of carbonyl (C=O) groups is 1. The van der Waals surface area contributed by atoms with Crippen molar-refractivity contribution in [3.63, 3.8) is 0 Å². The first-order valence-corrected chi connectivity index (χ1v) is 8.34. The first-order chi connectivity index (χ1) is 11.2. The minimum absolute atomic E-state index is 0.0243. The number of benzene rings is 1. The Labute approximate surface area is 136 Å². The normalized spacial score (nSPS) is 21.1. The molecule has 3 rings (SSSR count). The van der Waals surface area contributed by atoms with E-state index in [4.69, 9.17) is 5.73 Å². The molecule has 0 bridgehead atoms. The lowest BCUT2D eigenvalue weighted by Crippen LogP contribution is -2.34. The van der Waals surface area contributed by atoms with Crippen molar-refractivity contribution in [1.29, 1.82) is 0 Å². The number of hydrogen-bond donors (Lipinski definition) is 2. The predicted molar refractivity (Wildman–Crippen MR) is 90.9 cm³/mol. The Morgan fingerprint density at radius 3 is 2.87 bits per heavy atom. The van der Waals surface area contributed by atoms with Gasteiger partial charge in [0.1, 0.15) is 5.82 Å². The Kier molecular flexibility index (Phi) is 5.08. The molecule has 2 unspecified atom stereocenters. The number of nitrogens with one attached hydrogen (secondary N) is 1. The minimum atomic E-state index is 0.0243. The smallest absolute Gasteiger partial charge is 0.228 e. The van der Waals surface area contributed by atoms with Gasteiger partial charge >= 0.3 is 0 Å². The van der Waals surface area contributed by atoms with Crippen LogP contribution in [0.2, 0.25) is 0 Å². The summed E-state index contributed by atoms with van der Waals surface area (Å²) in [7, 11) is 0. The van der Waals surface area contributed by atoms with E-state index in [0.717, 1.165) is 44.5 Å². The van der Waals surface area contributed by atoms with Crippen LogP contribution in [-0.2, 0) is 17.8 Å². The summed E-state index contributed by atoms with van der Waals surface area (Å²) in [5, 5.41) is 7.34. The van der Waals surface area contributed by atoms with Gasteiger partial charge in [0.2, 0.25) is 5.91 Å². The van der Waals surface area contributed by atoms with Crippen LogP contribution in [-0.4, -0.2) is 21.7 Å². The quantitative estimate of drug-likeness (QED) is 0.891. The number of carbonyl (C=O) groups excluding carboxylic acids is 1. The second-order valence-electron chi connectivity index (χ2n) is 6.29. The standard InChI is InChI=1S/C18H24N4O/c19-16-8-4-7-15(13-16)18(23)21-17-9-11-20-22(17)12-10-14-5-2-1-3-6-14/h1-3,5-6,9,11,15-16H,4,7-8,10,12-13,19H2,(H,21,23). The molecule has 1 aliphatic carbocycles. The van der Waals surface area contributed by atoms with E-state index in [9.17, 15) is 4.79 Å². The average Bonchev–Trinajstić information content (AvgIpc) is 3.01. The first-order valence-electron chi connectivity index (χ1n) is 8.34. The van der Waals surface area contributed by atoms with E-state index in [2.05, 4.69) is 22.5 Å². The number of amides is 1. The van der Waals surface area contributed by atoms with E-state index < -0.39 is 0 Å². The zero-order valence-electron chi connectivity index (χ0n) is 13.3. The largest absolute Gasteiger partial charge is 0.328 e. The van der Waals surface area contributed by atoms with Crippen LogP contribution < -0.4 is 11.1 Å². The third-order valence-electron chi connectivity index (χ3n) is 4.51. The highest BCUT2D eigenvalue weighted by Crippen LogP contribution is 2.24. The van der Waals surface area contributed by atoms with E-state index in [-0.39, 0.29) is 17.9 Å². The van der Waals surface area contributed by atoms with Crippen LogP contribution in [0.1, 0.15) is 31.2 Å². The van der Waals surface area contributed by atoms with Crippen LogP contribution in [0.15, 0.2) is 42.6 Å². The second-order valence-corrected chi connectivity index (χ2v) is 6.29. The lowest BCUT2D eigenvalue weighted by molar-refractivity contribution is -0.120. The van der Waals surface area contributed by atoms with Crippen LogP contribution in [0.25, 0.3) is 0 Å². The molecule has 1 saturated carbocycles. The molecule has 122 valence electrons. The highest BCUT2D eigenvalue weighted by Gasteiger charge is 2.25. The summed E-state index contributed by atoms with van der Waals surface area (Å²) < 4.78 is 1.85. The Hall–Kier alpha value is -2.14. The molecule has 0 spiro atoms. The zero-order chi connectivity index (χ0) is 16.1. The molecule has 23 heavy (non-hydrogen) atoms. The van der Waals surface area contributed by atoms with Crippen molar-refractivity contribution >= 4 is 11.7 Å². The summed E-state index contributed by atoms with van der Waals surface area (Å²) in [4.78, 5) is 12.4. The van der Waals surface area contributed by atoms with Gasteiger partial charge in [-0.2, -0.15) is 5.10 Å². The van der Waals surface area contributed by atoms with Crippen molar-refractivity contribution in [3.05, 3.63) is 48.2 Å². The number of rotatable bonds is 5. The summed E-state index contributed by atoms with van der Waals surface area (Å²) >= 11 is 0. The van der Waals surface area contributed by atoms with Crippen molar-refractivity contribution in [2.75, 3.05) is 5.32 Å². The Bertz CT molecular complexity index is 637. The summed E-state index contributed by atoms with van der Waals surface area (Å²) in [5.41, 5.74) is 7.24. The molecule has 2 aromatic rings. The van der Waals surface area contributed by atoms with Gasteiger partial charge < -0.3 is 11.1 Å². The molecule has 5 heteroatoms. The van der Waals surface area contributed by atoms with Gasteiger partial charge in [0.05, 0.1) is 6.20 Å². The third-order valence-corrected chi connectivity index (χ3v) is 4.51. The zero-order valence-corrected chi connectivity index (χ0v) is 13.3. The lowest BCUT2D eigenvalue weighted by Gasteiger charge is -2.25. The molecule has 1 amide bonds. The summed E-state index contributed by atoms with van der Waals surface area (Å²) in [6, 6.07) is 12.3. The molecule has 0 aliphatic heterocycles. The maximum Gasteiger partial charge on any atom is 0.228 e. The van der Waals surface area contributed by atoms with Gasteiger partial charge in [-0.25, -0.2) is 4.68 Å². The van der Waals surface area contributed by atoms with Crippen LogP contribution in [0.3, 0.4) is 0 Å². The summed E-state index contributed by atoms with van der Waals surface area (Å²) in [5.74, 6) is 0.864. The highest BCUT2D eigenvalue weighted by atomic mass is 16.2. The van der Waals surface area contributed by atoms with Crippen molar-refractivity contribution < 1.29 is 4.79 Å². The van der Waals surface area contributed by atoms with Crippen molar-refractivity contribution in [2.24, 2.45) is 11.7 Å². The maximum absolute atomic E-state index is 12.4. The maximum atomic E-state index is 12.4. The lowest BCUT2D eigenvalue weighted by atomic mass is 9.85. The number of nitrogens with two attached hydrogens (primary N) is 1. The molecule has 3 N–H and O–H groups in total. The molecule has 1 fully saturated rings. The number of nitrogens with zero attached hydrogens (tertiary/aromatic N) is 2. The second kappa shape index (κ2) is 7.42. The van der Waals surface area contributed by atoms with Crippen molar-refractivity contribution in [3.8, 4) is 0 Å². The van der Waals surface area contributed by atoms with Gasteiger partial charge in [-0.1, -0.05) is 36.8 Å². The fourth-order valence-corrected chi connectivity index (χ4v) is 3.19. The molecule has 1 heterocycles. The summed E-state index contributed by atoms with van der Waals surface area (Å²) in [6.07, 6.45) is 6.39. The van der Waals surface area contributed by atoms with Gasteiger partial charge in [0.25, 0.3) is 0 Å². The van der Waals surface area contributed by atoms with Crippen LogP contribution in [0, 0.1) is 5.92 Å². The Balaban J connectivity index is 1.58. The molecule has 2 atom stereocenters. The molecular weight excluding hydrogens is 288 g/mol. The van der Waals surface area contributed by atoms with Crippen LogP contribution in [0.4, 0.5) is 5.82 Å². The molecular formula is C18H24N4O. The Morgan fingerprint density at radius 1 is 1.26 bits per heavy atom. The fourth-order valence-electron chi connectivity index (χ4n) is 3.19. The number of aryl methyl sites for hydroxylation is 2. The van der Waals surface area contributed by atoms with Gasteiger partial charge in [-0.3, -0.25) is 4.79 Å². The summed E-state index contributed by atoms with van der Waals surface area (Å²) in [6.45, 7) is 0.747. The number of anilines is 1. The molecule has 1 aromatic heterocycles. The van der Waals surface area contributed by atoms with E-state index in [1.165, 1.54) is 5.56 Å². The highest BCUT2D eigenvalue weighted by molar-refractivity contribution is 5.91. The van der Waals surface area contributed by atoms with Gasteiger partial charge in [0, 0.05) is 24.6 Å². The number of hydrogen-bond acceptors (Lipinski definition) is 3. The predicted octanol–water partition coefficient (Wildman–Crippen LogP) is 2.58. The van der Waals surface area contributed by atoms with Crippen molar-refractivity contribution in [1.82, 2.24) is 9.78 Å². The van der Waals surface area contributed by atoms with Crippen LogP contribution >= 0.6 is 0 Å². The Morgan fingerprint density at radius 2 is 2.09 bits per heavy atom. The van der Waals surface area contributed by atoms with Crippen molar-refractivity contribution in [2.45, 2.75) is 44.7 Å². The number of aromatic nitrogens is 2. The molecule has 5 nitrogen and oxygen atoms in total. The third kappa shape index (κ3) is 4.20. The average molecular weight is 312 g/mol. The SMILES string of the molecule is NC1CCCC(C(=O)Nc2ccnn2CCc2ccccc2)C1. The molecule has 1 aromatic carbocycles. The molecule has 1 aliphatic rings.